The molecule has 1 aromatic heterocycles. The zero-order valence-corrected chi connectivity index (χ0v) is 12.6. The standard InChI is InChI=1S/C17H19N3O2/c1-11(18-17(22)15-8-9-16(21)20-19-15)13-7-6-12-4-2-3-5-14(12)10-13/h6-11H,2-5H2,1H3,(H,18,22)(H,20,21)/t11-/m0/s1. The first kappa shape index (κ1) is 14.5. The molecule has 0 saturated heterocycles. The van der Waals surface area contributed by atoms with E-state index in [9.17, 15) is 9.59 Å². The molecule has 1 atom stereocenters. The Morgan fingerprint density at radius 3 is 2.68 bits per heavy atom. The Bertz CT molecular complexity index is 731. The number of aryl methyl sites for hydroxylation is 2. The fraction of sp³-hybridized carbons (Fsp3) is 0.353. The van der Waals surface area contributed by atoms with Crippen LogP contribution in [0.2, 0.25) is 0 Å². The fourth-order valence-electron chi connectivity index (χ4n) is 2.85. The van der Waals surface area contributed by atoms with Crippen molar-refractivity contribution in [2.75, 3.05) is 0 Å². The van der Waals surface area contributed by atoms with Crippen LogP contribution in [0, 0.1) is 0 Å². The number of rotatable bonds is 3. The van der Waals surface area contributed by atoms with E-state index in [1.165, 1.54) is 36.1 Å². The summed E-state index contributed by atoms with van der Waals surface area (Å²) in [7, 11) is 0. The number of hydrogen-bond acceptors (Lipinski definition) is 3. The minimum Gasteiger partial charge on any atom is -0.344 e. The lowest BCUT2D eigenvalue weighted by molar-refractivity contribution is 0.0933. The highest BCUT2D eigenvalue weighted by atomic mass is 16.2. The molecule has 2 aromatic rings. The van der Waals surface area contributed by atoms with Gasteiger partial charge in [0.2, 0.25) is 0 Å². The van der Waals surface area contributed by atoms with Crippen molar-refractivity contribution >= 4 is 5.91 Å². The number of fused-ring (bicyclic) bond motifs is 1. The molecule has 0 unspecified atom stereocenters. The van der Waals surface area contributed by atoms with Crippen LogP contribution in [0.3, 0.4) is 0 Å². The van der Waals surface area contributed by atoms with Gasteiger partial charge in [-0.3, -0.25) is 9.59 Å². The third-order valence-corrected chi connectivity index (χ3v) is 4.13. The summed E-state index contributed by atoms with van der Waals surface area (Å²) < 4.78 is 0. The van der Waals surface area contributed by atoms with Gasteiger partial charge in [-0.2, -0.15) is 5.10 Å². The molecule has 1 heterocycles. The lowest BCUT2D eigenvalue weighted by atomic mass is 9.89. The molecule has 0 spiro atoms. The SMILES string of the molecule is C[C@H](NC(=O)c1ccc(=O)[nH]n1)c1ccc2c(c1)CCCC2. The van der Waals surface area contributed by atoms with Gasteiger partial charge in [-0.05, 0) is 55.4 Å². The maximum absolute atomic E-state index is 12.1. The molecule has 5 nitrogen and oxygen atoms in total. The lowest BCUT2D eigenvalue weighted by Gasteiger charge is -2.20. The van der Waals surface area contributed by atoms with E-state index in [2.05, 4.69) is 33.7 Å². The van der Waals surface area contributed by atoms with Crippen LogP contribution in [-0.4, -0.2) is 16.1 Å². The molecule has 1 aromatic carbocycles. The maximum Gasteiger partial charge on any atom is 0.272 e. The Morgan fingerprint density at radius 1 is 1.18 bits per heavy atom. The van der Waals surface area contributed by atoms with Gasteiger partial charge < -0.3 is 5.32 Å². The predicted octanol–water partition coefficient (Wildman–Crippen LogP) is 2.14. The number of hydrogen-bond donors (Lipinski definition) is 2. The Labute approximate surface area is 128 Å². The largest absolute Gasteiger partial charge is 0.344 e. The summed E-state index contributed by atoms with van der Waals surface area (Å²) >= 11 is 0. The number of benzene rings is 1. The first-order valence-corrected chi connectivity index (χ1v) is 7.62. The van der Waals surface area contributed by atoms with E-state index in [-0.39, 0.29) is 23.2 Å². The van der Waals surface area contributed by atoms with Gasteiger partial charge in [-0.25, -0.2) is 5.10 Å². The zero-order chi connectivity index (χ0) is 15.5. The van der Waals surface area contributed by atoms with Crippen molar-refractivity contribution in [3.63, 3.8) is 0 Å². The number of carbonyl (C=O) groups excluding carboxylic acids is 1. The van der Waals surface area contributed by atoms with Crippen LogP contribution in [0.4, 0.5) is 0 Å². The second kappa shape index (κ2) is 6.13. The molecule has 1 amide bonds. The molecule has 1 aliphatic rings. The number of amides is 1. The molecule has 114 valence electrons. The summed E-state index contributed by atoms with van der Waals surface area (Å²) in [6.07, 6.45) is 4.76. The maximum atomic E-state index is 12.1. The van der Waals surface area contributed by atoms with Crippen molar-refractivity contribution in [1.82, 2.24) is 15.5 Å². The third kappa shape index (κ3) is 3.08. The monoisotopic (exact) mass is 297 g/mol. The van der Waals surface area contributed by atoms with Crippen LogP contribution in [0.15, 0.2) is 35.1 Å². The third-order valence-electron chi connectivity index (χ3n) is 4.13. The number of nitrogens with one attached hydrogen (secondary N) is 2. The van der Waals surface area contributed by atoms with Gasteiger partial charge >= 0.3 is 0 Å². The minimum absolute atomic E-state index is 0.103. The second-order valence-electron chi connectivity index (χ2n) is 5.74. The number of aromatic nitrogens is 2. The van der Waals surface area contributed by atoms with Gasteiger partial charge in [0, 0.05) is 6.07 Å². The van der Waals surface area contributed by atoms with Crippen LogP contribution in [0.1, 0.15) is 53.0 Å². The number of aromatic amines is 1. The second-order valence-corrected chi connectivity index (χ2v) is 5.74. The Hall–Kier alpha value is -2.43. The Morgan fingerprint density at radius 2 is 1.95 bits per heavy atom. The summed E-state index contributed by atoms with van der Waals surface area (Å²) in [6, 6.07) is 9.06. The quantitative estimate of drug-likeness (QED) is 0.911. The summed E-state index contributed by atoms with van der Waals surface area (Å²) in [5.74, 6) is -0.290. The average molecular weight is 297 g/mol. The highest BCUT2D eigenvalue weighted by Gasteiger charge is 2.15. The van der Waals surface area contributed by atoms with Crippen molar-refractivity contribution in [3.05, 3.63) is 63.1 Å². The first-order valence-electron chi connectivity index (χ1n) is 7.62. The average Bonchev–Trinajstić information content (AvgIpc) is 2.55. The Kier molecular flexibility index (Phi) is 4.04. The van der Waals surface area contributed by atoms with E-state index in [4.69, 9.17) is 0 Å². The van der Waals surface area contributed by atoms with Crippen LogP contribution in [0.25, 0.3) is 0 Å². The van der Waals surface area contributed by atoms with E-state index in [0.717, 1.165) is 18.4 Å². The highest BCUT2D eigenvalue weighted by Crippen LogP contribution is 2.24. The highest BCUT2D eigenvalue weighted by molar-refractivity contribution is 5.92. The van der Waals surface area contributed by atoms with Gasteiger partial charge in [0.25, 0.3) is 11.5 Å². The number of nitrogens with zero attached hydrogens (tertiary/aromatic N) is 1. The molecule has 0 radical (unpaired) electrons. The minimum atomic E-state index is -0.320. The van der Waals surface area contributed by atoms with Crippen molar-refractivity contribution in [2.45, 2.75) is 38.6 Å². The summed E-state index contributed by atoms with van der Waals surface area (Å²) in [5, 5.41) is 8.93. The van der Waals surface area contributed by atoms with E-state index in [1.807, 2.05) is 6.92 Å². The Balaban J connectivity index is 1.73. The normalized spacial score (nSPS) is 15.0. The van der Waals surface area contributed by atoms with Crippen LogP contribution in [0.5, 0.6) is 0 Å². The summed E-state index contributed by atoms with van der Waals surface area (Å²) in [5.41, 5.74) is 3.81. The molecular weight excluding hydrogens is 278 g/mol. The molecule has 5 heteroatoms. The molecule has 2 N–H and O–H groups in total. The smallest absolute Gasteiger partial charge is 0.272 e. The fourth-order valence-corrected chi connectivity index (χ4v) is 2.85. The molecule has 3 rings (SSSR count). The number of H-pyrrole nitrogens is 1. The van der Waals surface area contributed by atoms with Gasteiger partial charge in [-0.15, -0.1) is 0 Å². The van der Waals surface area contributed by atoms with Crippen LogP contribution >= 0.6 is 0 Å². The van der Waals surface area contributed by atoms with Crippen LogP contribution < -0.4 is 10.9 Å². The lowest BCUT2D eigenvalue weighted by Crippen LogP contribution is -2.28. The molecule has 0 bridgehead atoms. The van der Waals surface area contributed by atoms with Crippen LogP contribution in [-0.2, 0) is 12.8 Å². The van der Waals surface area contributed by atoms with E-state index < -0.39 is 0 Å². The topological polar surface area (TPSA) is 74.8 Å². The van der Waals surface area contributed by atoms with Gasteiger partial charge in [-0.1, -0.05) is 18.2 Å². The zero-order valence-electron chi connectivity index (χ0n) is 12.6. The summed E-state index contributed by atoms with van der Waals surface area (Å²) in [4.78, 5) is 23.1. The molecule has 1 aliphatic carbocycles. The van der Waals surface area contributed by atoms with E-state index in [0.29, 0.717) is 0 Å². The van der Waals surface area contributed by atoms with Crippen molar-refractivity contribution in [3.8, 4) is 0 Å². The van der Waals surface area contributed by atoms with E-state index in [1.54, 1.807) is 0 Å². The van der Waals surface area contributed by atoms with E-state index >= 15 is 0 Å². The summed E-state index contributed by atoms with van der Waals surface area (Å²) in [6.45, 7) is 1.95. The molecule has 0 saturated carbocycles. The van der Waals surface area contributed by atoms with Gasteiger partial charge in [0.05, 0.1) is 6.04 Å². The number of carbonyl (C=O) groups is 1. The van der Waals surface area contributed by atoms with Crippen molar-refractivity contribution in [2.24, 2.45) is 0 Å². The van der Waals surface area contributed by atoms with Crippen molar-refractivity contribution in [1.29, 1.82) is 0 Å². The van der Waals surface area contributed by atoms with Gasteiger partial charge in [0.1, 0.15) is 5.69 Å². The van der Waals surface area contributed by atoms with Crippen molar-refractivity contribution < 1.29 is 4.79 Å². The molecule has 22 heavy (non-hydrogen) atoms. The molecular formula is C17H19N3O2. The van der Waals surface area contributed by atoms with Gasteiger partial charge in [0.15, 0.2) is 0 Å². The molecule has 0 fully saturated rings. The predicted molar refractivity (Wildman–Crippen MR) is 83.8 cm³/mol. The molecule has 0 aliphatic heterocycles. The first-order chi connectivity index (χ1) is 10.6.